The van der Waals surface area contributed by atoms with Gasteiger partial charge in [-0.2, -0.15) is 11.8 Å². The molecule has 10 nitrogen and oxygen atoms in total. The smallest absolute Gasteiger partial charge is 0.302 e. The van der Waals surface area contributed by atoms with Crippen LogP contribution < -0.4 is 0 Å². The second-order valence-corrected chi connectivity index (χ2v) is 16.6. The maximum Gasteiger partial charge on any atom is 0.302 e. The Morgan fingerprint density at radius 2 is 1.70 bits per heavy atom. The van der Waals surface area contributed by atoms with Crippen molar-refractivity contribution in [3.05, 3.63) is 75.4 Å². The van der Waals surface area contributed by atoms with Crippen molar-refractivity contribution in [2.75, 3.05) is 24.7 Å². The van der Waals surface area contributed by atoms with E-state index in [1.165, 1.54) is 30.5 Å². The van der Waals surface area contributed by atoms with Crippen molar-refractivity contribution in [2.24, 2.45) is 0 Å². The fourth-order valence-corrected chi connectivity index (χ4v) is 9.15. The summed E-state index contributed by atoms with van der Waals surface area (Å²) in [5.74, 6) is 1.81. The number of hydrogen-bond donors (Lipinski definition) is 2. The highest BCUT2D eigenvalue weighted by Gasteiger charge is 2.33. The lowest BCUT2D eigenvalue weighted by molar-refractivity contribution is -0.229. The molecule has 3 aliphatic heterocycles. The Labute approximate surface area is 335 Å². The molecule has 3 aromatic heterocycles. The monoisotopic (exact) mass is 782 g/mol. The molecule has 0 amide bonds. The summed E-state index contributed by atoms with van der Waals surface area (Å²) < 4.78 is 22.6. The van der Waals surface area contributed by atoms with Gasteiger partial charge in [0.05, 0.1) is 24.1 Å². The molecule has 0 unspecified atom stereocenters. The van der Waals surface area contributed by atoms with Crippen LogP contribution in [0.15, 0.2) is 24.8 Å². The van der Waals surface area contributed by atoms with E-state index in [-0.39, 0.29) is 42.6 Å². The zero-order valence-electron chi connectivity index (χ0n) is 34.3. The summed E-state index contributed by atoms with van der Waals surface area (Å²) in [6.45, 7) is 20.8. The molecule has 0 aromatic carbocycles. The van der Waals surface area contributed by atoms with Crippen molar-refractivity contribution in [3.8, 4) is 0 Å². The summed E-state index contributed by atoms with van der Waals surface area (Å²) in [6, 6.07) is 6.66. The number of nitrogens with zero attached hydrogens (tertiary/aromatic N) is 2. The Hall–Kier alpha value is -4.19. The summed E-state index contributed by atoms with van der Waals surface area (Å²) in [6.07, 6.45) is 7.78. The lowest BCUT2D eigenvalue weighted by Gasteiger charge is -2.34. The zero-order chi connectivity index (χ0) is 40.1. The van der Waals surface area contributed by atoms with Crippen LogP contribution in [0.25, 0.3) is 39.8 Å². The number of fused-ring (bicyclic) bond motifs is 8. The van der Waals surface area contributed by atoms with Gasteiger partial charge < -0.3 is 28.9 Å². The number of aryl methyl sites for hydroxylation is 3. The number of carbonyl (C=O) groups excluding carboxylic acids is 2. The maximum absolute atomic E-state index is 11.6. The van der Waals surface area contributed by atoms with Crippen molar-refractivity contribution >= 4 is 63.5 Å². The molecule has 0 spiro atoms. The van der Waals surface area contributed by atoms with E-state index in [9.17, 15) is 9.59 Å². The summed E-state index contributed by atoms with van der Waals surface area (Å²) >= 11 is 1.93. The van der Waals surface area contributed by atoms with Crippen LogP contribution >= 0.6 is 11.8 Å². The van der Waals surface area contributed by atoms with Crippen molar-refractivity contribution in [1.82, 2.24) is 19.9 Å². The lowest BCUT2D eigenvalue weighted by atomic mass is 9.86. The third kappa shape index (κ3) is 9.49. The number of aromatic nitrogens is 4. The number of aromatic amines is 2. The van der Waals surface area contributed by atoms with Gasteiger partial charge in [0.25, 0.3) is 0 Å². The van der Waals surface area contributed by atoms with Gasteiger partial charge in [-0.05, 0) is 117 Å². The number of esters is 2. The summed E-state index contributed by atoms with van der Waals surface area (Å²) in [7, 11) is 0. The standard InChI is InChI=1S/C45H58N4O6S/c1-10-34-27(5)40-23-43-35(11-2)26(4)39(47-43)22-41-28(6)36(45(49-41)29(7)38-18-25(3)37(46-38)21-42(34)48-40)14-12-16-56-17-13-15-52-44-20-32(54-31(9)51)19-33(55-44)24-53-30(8)50/h11,18,21-23,28,32-33,36,44,47-48H,2,10,12-17,19-20,24H2,1,3-9H3/t28-,32-,33-,36-,44+/m0/s1. The van der Waals surface area contributed by atoms with E-state index in [1.54, 1.807) is 0 Å². The molecule has 1 fully saturated rings. The first-order valence-corrected chi connectivity index (χ1v) is 21.2. The molecule has 3 aromatic rings. The number of carbonyl (C=O) groups is 2. The minimum atomic E-state index is -0.508. The number of thioether (sulfide) groups is 1. The number of allylic oxidation sites excluding steroid dienone is 1. The zero-order valence-corrected chi connectivity index (χ0v) is 35.1. The average molecular weight is 783 g/mol. The molecule has 300 valence electrons. The van der Waals surface area contributed by atoms with E-state index in [4.69, 9.17) is 28.9 Å². The van der Waals surface area contributed by atoms with E-state index in [0.717, 1.165) is 98.7 Å². The minimum absolute atomic E-state index is 0.113. The number of H-pyrrole nitrogens is 2. The van der Waals surface area contributed by atoms with Gasteiger partial charge in [0.2, 0.25) is 0 Å². The fourth-order valence-electron chi connectivity index (χ4n) is 8.25. The number of nitrogens with one attached hydrogen (secondary N) is 2. The summed E-state index contributed by atoms with van der Waals surface area (Å²) in [4.78, 5) is 40.9. The highest BCUT2D eigenvalue weighted by molar-refractivity contribution is 7.99. The van der Waals surface area contributed by atoms with Crippen LogP contribution in [-0.2, 0) is 35.0 Å². The predicted octanol–water partition coefficient (Wildman–Crippen LogP) is 9.81. The molecule has 6 rings (SSSR count). The first kappa shape index (κ1) is 41.4. The topological polar surface area (TPSA) is 128 Å². The molecule has 5 atom stereocenters. The lowest BCUT2D eigenvalue weighted by Crippen LogP contribution is -2.41. The van der Waals surface area contributed by atoms with Crippen LogP contribution in [0.1, 0.15) is 129 Å². The first-order chi connectivity index (χ1) is 26.9. The average Bonchev–Trinajstić information content (AvgIpc) is 3.85. The Bertz CT molecular complexity index is 2150. The van der Waals surface area contributed by atoms with Crippen LogP contribution in [-0.4, -0.2) is 75.1 Å². The number of ether oxygens (including phenoxy) is 4. The number of hydrogen-bond acceptors (Lipinski definition) is 9. The molecule has 2 N–H and O–H groups in total. The van der Waals surface area contributed by atoms with Gasteiger partial charge in [0.1, 0.15) is 12.7 Å². The molecule has 56 heavy (non-hydrogen) atoms. The largest absolute Gasteiger partial charge is 0.463 e. The fraction of sp³-hybridized carbons (Fsp3) is 0.511. The summed E-state index contributed by atoms with van der Waals surface area (Å²) in [5.41, 5.74) is 15.6. The molecular weight excluding hydrogens is 725 g/mol. The Morgan fingerprint density at radius 1 is 0.946 bits per heavy atom. The van der Waals surface area contributed by atoms with Gasteiger partial charge in [-0.3, -0.25) is 14.6 Å². The molecule has 3 aliphatic rings. The molecule has 1 saturated heterocycles. The quantitative estimate of drug-likeness (QED) is 0.121. The Kier molecular flexibility index (Phi) is 13.6. The molecule has 0 saturated carbocycles. The van der Waals surface area contributed by atoms with Crippen LogP contribution in [0.2, 0.25) is 0 Å². The van der Waals surface area contributed by atoms with Gasteiger partial charge in [0.15, 0.2) is 6.29 Å². The minimum Gasteiger partial charge on any atom is -0.463 e. The predicted molar refractivity (Wildman–Crippen MR) is 227 cm³/mol. The van der Waals surface area contributed by atoms with Crippen molar-refractivity contribution in [3.63, 3.8) is 0 Å². The molecule has 0 aliphatic carbocycles. The van der Waals surface area contributed by atoms with Crippen molar-refractivity contribution in [1.29, 1.82) is 0 Å². The van der Waals surface area contributed by atoms with Gasteiger partial charge in [-0.1, -0.05) is 26.5 Å². The van der Waals surface area contributed by atoms with E-state index in [0.29, 0.717) is 19.4 Å². The van der Waals surface area contributed by atoms with Crippen molar-refractivity contribution < 1.29 is 28.5 Å². The summed E-state index contributed by atoms with van der Waals surface area (Å²) in [5, 5.41) is 0. The Morgan fingerprint density at radius 3 is 2.43 bits per heavy atom. The van der Waals surface area contributed by atoms with E-state index >= 15 is 0 Å². The van der Waals surface area contributed by atoms with Crippen molar-refractivity contribution in [2.45, 2.75) is 124 Å². The molecule has 6 heterocycles. The molecule has 8 bridgehead atoms. The van der Waals surface area contributed by atoms with E-state index in [2.05, 4.69) is 82.4 Å². The third-order valence-corrected chi connectivity index (χ3v) is 12.5. The van der Waals surface area contributed by atoms with Crippen LogP contribution in [0.4, 0.5) is 0 Å². The normalized spacial score (nSPS) is 20.8. The first-order valence-electron chi connectivity index (χ1n) is 20.1. The third-order valence-electron chi connectivity index (χ3n) is 11.3. The van der Waals surface area contributed by atoms with Gasteiger partial charge in [-0.25, -0.2) is 4.98 Å². The number of rotatable bonds is 14. The van der Waals surface area contributed by atoms with Crippen LogP contribution in [0, 0.1) is 20.8 Å². The van der Waals surface area contributed by atoms with Gasteiger partial charge >= 0.3 is 11.9 Å². The van der Waals surface area contributed by atoms with Gasteiger partial charge in [-0.15, -0.1) is 0 Å². The second-order valence-electron chi connectivity index (χ2n) is 15.4. The van der Waals surface area contributed by atoms with E-state index in [1.807, 2.05) is 17.8 Å². The molecule has 11 heteroatoms. The second kappa shape index (κ2) is 18.4. The highest BCUT2D eigenvalue weighted by Crippen LogP contribution is 2.42. The van der Waals surface area contributed by atoms with E-state index < -0.39 is 6.29 Å². The SMILES string of the molecule is C=Cc1c(C)c2cc3nc(c(C)c4nc(cc5[nH]c(cc1[nH]2)c(C)c5CC)C(C)=C4)[C@@H](CCCSCCCO[C@H]1C[C@@H](OC(C)=O)C[C@@H](COC(C)=O)O1)[C@@H]3C. The van der Waals surface area contributed by atoms with Crippen LogP contribution in [0.5, 0.6) is 0 Å². The maximum atomic E-state index is 11.6. The Balaban J connectivity index is 1.16. The highest BCUT2D eigenvalue weighted by atomic mass is 32.2. The van der Waals surface area contributed by atoms with Crippen LogP contribution in [0.3, 0.4) is 0 Å². The molecular formula is C45H58N4O6S. The molecule has 0 radical (unpaired) electrons. The van der Waals surface area contributed by atoms with Gasteiger partial charge in [0, 0.05) is 77.5 Å².